The van der Waals surface area contributed by atoms with Gasteiger partial charge < -0.3 is 4.74 Å². The molecule has 132 valence electrons. The lowest BCUT2D eigenvalue weighted by Gasteiger charge is -2.56. The van der Waals surface area contributed by atoms with Crippen molar-refractivity contribution >= 4 is 11.8 Å². The second-order valence-electron chi connectivity index (χ2n) is 8.90. The molecule has 0 amide bonds. The van der Waals surface area contributed by atoms with E-state index in [1.165, 1.54) is 32.6 Å². The van der Waals surface area contributed by atoms with Crippen molar-refractivity contribution in [2.24, 2.45) is 28.6 Å². The third-order valence-electron chi connectivity index (χ3n) is 8.00. The maximum atomic E-state index is 12.8. The first-order chi connectivity index (χ1) is 11.5. The molecule has 3 nitrogen and oxygen atoms in total. The molecule has 0 aromatic carbocycles. The van der Waals surface area contributed by atoms with Crippen LogP contribution in [0.25, 0.3) is 0 Å². The van der Waals surface area contributed by atoms with Gasteiger partial charge in [-0.25, -0.2) is 0 Å². The van der Waals surface area contributed by atoms with Crippen LogP contribution >= 0.6 is 0 Å². The average molecular weight is 330 g/mol. The van der Waals surface area contributed by atoms with E-state index in [0.29, 0.717) is 36.1 Å². The van der Waals surface area contributed by atoms with Gasteiger partial charge in [0, 0.05) is 13.3 Å². The minimum atomic E-state index is -0.372. The molecule has 0 unspecified atom stereocenters. The Bertz CT molecular complexity index is 592. The van der Waals surface area contributed by atoms with Crippen LogP contribution in [-0.2, 0) is 14.3 Å². The van der Waals surface area contributed by atoms with E-state index in [-0.39, 0.29) is 11.4 Å². The van der Waals surface area contributed by atoms with Crippen molar-refractivity contribution in [1.29, 1.82) is 0 Å². The number of ketones is 1. The molecule has 0 aromatic rings. The Morgan fingerprint density at radius 3 is 2.83 bits per heavy atom. The molecule has 0 N–H and O–H groups in total. The third-order valence-corrected chi connectivity index (χ3v) is 8.00. The summed E-state index contributed by atoms with van der Waals surface area (Å²) in [5.74, 6) is 1.84. The minimum absolute atomic E-state index is 0.255. The summed E-state index contributed by atoms with van der Waals surface area (Å²) in [4.78, 5) is 24.1. The summed E-state index contributed by atoms with van der Waals surface area (Å²) < 4.78 is 5.39. The number of rotatable bonds is 2. The Morgan fingerprint density at radius 2 is 2.04 bits per heavy atom. The van der Waals surface area contributed by atoms with Crippen molar-refractivity contribution in [3.63, 3.8) is 0 Å². The van der Waals surface area contributed by atoms with Gasteiger partial charge in [-0.3, -0.25) is 9.59 Å². The minimum Gasteiger partial charge on any atom is -0.465 e. The molecule has 3 fully saturated rings. The predicted molar refractivity (Wildman–Crippen MR) is 92.3 cm³/mol. The SMILES string of the molecule is CC(=O)OC[C@]12CC[C@H]3[C@@H](CC=C4CCCC[C@@]43C)[C@@H]1CCC2=O. The summed E-state index contributed by atoms with van der Waals surface area (Å²) in [5, 5.41) is 0. The first kappa shape index (κ1) is 16.4. The van der Waals surface area contributed by atoms with E-state index < -0.39 is 0 Å². The highest BCUT2D eigenvalue weighted by Crippen LogP contribution is 2.64. The highest BCUT2D eigenvalue weighted by Gasteiger charge is 2.60. The van der Waals surface area contributed by atoms with Gasteiger partial charge in [-0.15, -0.1) is 0 Å². The Morgan fingerprint density at radius 1 is 1.21 bits per heavy atom. The van der Waals surface area contributed by atoms with Crippen LogP contribution < -0.4 is 0 Å². The second kappa shape index (κ2) is 5.71. The van der Waals surface area contributed by atoms with E-state index >= 15 is 0 Å². The molecule has 4 rings (SSSR count). The van der Waals surface area contributed by atoms with Crippen LogP contribution in [0.1, 0.15) is 71.6 Å². The van der Waals surface area contributed by atoms with E-state index in [4.69, 9.17) is 4.74 Å². The lowest BCUT2D eigenvalue weighted by atomic mass is 9.48. The van der Waals surface area contributed by atoms with Crippen LogP contribution in [0.3, 0.4) is 0 Å². The molecule has 4 aliphatic rings. The Labute approximate surface area is 145 Å². The van der Waals surface area contributed by atoms with E-state index in [1.807, 2.05) is 0 Å². The Kier molecular flexibility index (Phi) is 3.89. The molecule has 5 atom stereocenters. The number of fused-ring (bicyclic) bond motifs is 5. The summed E-state index contributed by atoms with van der Waals surface area (Å²) in [7, 11) is 0. The lowest BCUT2D eigenvalue weighted by Crippen LogP contribution is -2.52. The monoisotopic (exact) mass is 330 g/mol. The van der Waals surface area contributed by atoms with Gasteiger partial charge in [0.1, 0.15) is 12.4 Å². The van der Waals surface area contributed by atoms with Crippen LogP contribution in [0, 0.1) is 28.6 Å². The highest BCUT2D eigenvalue weighted by atomic mass is 16.5. The molecule has 0 saturated heterocycles. The van der Waals surface area contributed by atoms with Crippen LogP contribution in [0.5, 0.6) is 0 Å². The summed E-state index contributed by atoms with van der Waals surface area (Å²) in [5.41, 5.74) is 1.69. The van der Waals surface area contributed by atoms with Gasteiger partial charge >= 0.3 is 5.97 Å². The number of carbonyl (C=O) groups excluding carboxylic acids is 2. The van der Waals surface area contributed by atoms with E-state index in [9.17, 15) is 9.59 Å². The maximum Gasteiger partial charge on any atom is 0.302 e. The first-order valence-electron chi connectivity index (χ1n) is 9.83. The number of ether oxygens (including phenoxy) is 1. The highest BCUT2D eigenvalue weighted by molar-refractivity contribution is 5.88. The normalized spacial score (nSPS) is 44.2. The molecular weight excluding hydrogens is 300 g/mol. The van der Waals surface area contributed by atoms with Crippen molar-refractivity contribution in [1.82, 2.24) is 0 Å². The van der Waals surface area contributed by atoms with Crippen LogP contribution in [0.2, 0.25) is 0 Å². The molecule has 0 aromatic heterocycles. The zero-order chi connectivity index (χ0) is 16.9. The number of esters is 1. The fourth-order valence-electron chi connectivity index (χ4n) is 6.78. The third kappa shape index (κ3) is 2.23. The molecule has 0 aliphatic heterocycles. The Balaban J connectivity index is 1.65. The first-order valence-corrected chi connectivity index (χ1v) is 9.83. The molecule has 0 radical (unpaired) electrons. The summed E-state index contributed by atoms with van der Waals surface area (Å²) >= 11 is 0. The smallest absolute Gasteiger partial charge is 0.302 e. The molecular formula is C21H30O3. The number of allylic oxidation sites excluding steroid dienone is 2. The number of hydrogen-bond donors (Lipinski definition) is 0. The fourth-order valence-corrected chi connectivity index (χ4v) is 6.78. The topological polar surface area (TPSA) is 43.4 Å². The molecule has 3 heteroatoms. The van der Waals surface area contributed by atoms with Crippen LogP contribution in [0.15, 0.2) is 11.6 Å². The van der Waals surface area contributed by atoms with Gasteiger partial charge in [0.05, 0.1) is 5.41 Å². The van der Waals surface area contributed by atoms with Crippen molar-refractivity contribution in [3.8, 4) is 0 Å². The summed E-state index contributed by atoms with van der Waals surface area (Å²) in [6, 6.07) is 0. The standard InChI is InChI=1S/C21H30O3/c1-14(22)24-13-21-12-10-17-16(18(21)8-9-19(21)23)7-6-15-5-3-4-11-20(15,17)2/h6,16-18H,3-5,7-13H2,1-2H3/t16-,17+,18+,20+,21-/m1/s1. The van der Waals surface area contributed by atoms with Gasteiger partial charge in [0.2, 0.25) is 0 Å². The predicted octanol–water partition coefficient (Wildman–Crippen LogP) is 4.45. The molecule has 3 saturated carbocycles. The van der Waals surface area contributed by atoms with Crippen molar-refractivity contribution in [2.45, 2.75) is 71.6 Å². The van der Waals surface area contributed by atoms with Gasteiger partial charge in [0.15, 0.2) is 0 Å². The number of hydrogen-bond acceptors (Lipinski definition) is 3. The van der Waals surface area contributed by atoms with E-state index in [1.54, 1.807) is 5.57 Å². The maximum absolute atomic E-state index is 12.8. The lowest BCUT2D eigenvalue weighted by molar-refractivity contribution is -0.154. The largest absolute Gasteiger partial charge is 0.465 e. The van der Waals surface area contributed by atoms with Gasteiger partial charge in [-0.2, -0.15) is 0 Å². The zero-order valence-electron chi connectivity index (χ0n) is 15.1. The van der Waals surface area contributed by atoms with Crippen LogP contribution in [-0.4, -0.2) is 18.4 Å². The fraction of sp³-hybridized carbons (Fsp3) is 0.810. The molecule has 0 spiro atoms. The molecule has 0 heterocycles. The summed E-state index contributed by atoms with van der Waals surface area (Å²) in [6.45, 7) is 4.27. The van der Waals surface area contributed by atoms with E-state index in [2.05, 4.69) is 13.0 Å². The van der Waals surface area contributed by atoms with Crippen LogP contribution in [0.4, 0.5) is 0 Å². The number of Topliss-reactive ketones (excluding diaryl/α,β-unsaturated/α-hetero) is 1. The van der Waals surface area contributed by atoms with Gasteiger partial charge in [-0.1, -0.05) is 25.0 Å². The van der Waals surface area contributed by atoms with Gasteiger partial charge in [-0.05, 0) is 68.1 Å². The molecule has 0 bridgehead atoms. The van der Waals surface area contributed by atoms with Crippen molar-refractivity contribution in [2.75, 3.05) is 6.61 Å². The molecule has 24 heavy (non-hydrogen) atoms. The summed E-state index contributed by atoms with van der Waals surface area (Å²) in [6.07, 6.45) is 12.7. The second-order valence-corrected chi connectivity index (χ2v) is 8.90. The Hall–Kier alpha value is -1.12. The zero-order valence-corrected chi connectivity index (χ0v) is 15.1. The van der Waals surface area contributed by atoms with Gasteiger partial charge in [0.25, 0.3) is 0 Å². The quantitative estimate of drug-likeness (QED) is 0.555. The molecule has 4 aliphatic carbocycles. The number of carbonyl (C=O) groups is 2. The average Bonchev–Trinajstić information content (AvgIpc) is 2.90. The van der Waals surface area contributed by atoms with E-state index in [0.717, 1.165) is 31.6 Å². The van der Waals surface area contributed by atoms with Crippen molar-refractivity contribution < 1.29 is 14.3 Å². The van der Waals surface area contributed by atoms with Crippen molar-refractivity contribution in [3.05, 3.63) is 11.6 Å².